The molecule has 3 aliphatic heterocycles. The normalized spacial score (nSPS) is 35.4. The molecule has 0 aliphatic carbocycles. The van der Waals surface area contributed by atoms with Gasteiger partial charge in [0, 0.05) is 6.54 Å². The lowest BCUT2D eigenvalue weighted by atomic mass is 9.65. The van der Waals surface area contributed by atoms with E-state index >= 15 is 0 Å². The Labute approximate surface area is 178 Å². The number of esters is 1. The topological polar surface area (TPSA) is 105 Å². The standard InChI is InChI=1S/C22H36N2O6/c1-5-9-12-23-18(26)17-22-11-10-21(7-3,30-22)16(20(28)29-8-4)15(22)19(27)24(17)14(6-2)13-25/h14-17,25H,5-13H2,1-4H3,(H,23,26)/t14-,15-,16-,17?,21+,22?/m0/s1. The first-order valence-corrected chi connectivity index (χ1v) is 11.4. The number of rotatable bonds is 10. The summed E-state index contributed by atoms with van der Waals surface area (Å²) in [5.74, 6) is -2.45. The molecule has 3 aliphatic rings. The van der Waals surface area contributed by atoms with Crippen LogP contribution in [-0.2, 0) is 23.9 Å². The third-order valence-electron chi connectivity index (χ3n) is 7.31. The molecule has 2 bridgehead atoms. The predicted molar refractivity (Wildman–Crippen MR) is 109 cm³/mol. The van der Waals surface area contributed by atoms with Gasteiger partial charge in [0.1, 0.15) is 17.6 Å². The fourth-order valence-corrected chi connectivity index (χ4v) is 5.84. The van der Waals surface area contributed by atoms with E-state index in [1.54, 1.807) is 6.92 Å². The summed E-state index contributed by atoms with van der Waals surface area (Å²) < 4.78 is 11.9. The molecule has 2 amide bonds. The molecular weight excluding hydrogens is 388 g/mol. The van der Waals surface area contributed by atoms with Gasteiger partial charge in [-0.3, -0.25) is 14.4 Å². The number of fused-ring (bicyclic) bond motifs is 1. The fraction of sp³-hybridized carbons (Fsp3) is 0.864. The van der Waals surface area contributed by atoms with Crippen LogP contribution in [0.15, 0.2) is 0 Å². The Hall–Kier alpha value is -1.67. The van der Waals surface area contributed by atoms with Gasteiger partial charge in [-0.15, -0.1) is 0 Å². The van der Waals surface area contributed by atoms with Gasteiger partial charge in [0.05, 0.1) is 30.8 Å². The minimum atomic E-state index is -1.05. The van der Waals surface area contributed by atoms with Crippen molar-refractivity contribution in [3.8, 4) is 0 Å². The van der Waals surface area contributed by atoms with Gasteiger partial charge in [0.25, 0.3) is 0 Å². The number of carbonyl (C=O) groups is 3. The lowest BCUT2D eigenvalue weighted by molar-refractivity contribution is -0.161. The van der Waals surface area contributed by atoms with Crippen molar-refractivity contribution in [2.75, 3.05) is 19.8 Å². The van der Waals surface area contributed by atoms with Crippen molar-refractivity contribution in [3.05, 3.63) is 0 Å². The predicted octanol–water partition coefficient (Wildman–Crippen LogP) is 1.39. The summed E-state index contributed by atoms with van der Waals surface area (Å²) in [6.45, 7) is 8.11. The number of carbonyl (C=O) groups excluding carboxylic acids is 3. The second-order valence-electron chi connectivity index (χ2n) is 8.72. The van der Waals surface area contributed by atoms with E-state index in [-0.39, 0.29) is 25.0 Å². The Bertz CT molecular complexity index is 681. The lowest BCUT2D eigenvalue weighted by Crippen LogP contribution is -2.58. The SMILES string of the molecule is CCCCNC(=O)C1N([C@@H](CC)CO)C(=O)[C@@H]2[C@@H](C(=O)OCC)[C@@]3(CC)CCC12O3. The van der Waals surface area contributed by atoms with E-state index in [0.29, 0.717) is 32.2 Å². The van der Waals surface area contributed by atoms with Crippen LogP contribution in [0.4, 0.5) is 0 Å². The van der Waals surface area contributed by atoms with Crippen molar-refractivity contribution in [3.63, 3.8) is 0 Å². The number of likely N-dealkylation sites (tertiary alicyclic amines) is 1. The largest absolute Gasteiger partial charge is 0.466 e. The Morgan fingerprint density at radius 1 is 1.30 bits per heavy atom. The van der Waals surface area contributed by atoms with Gasteiger partial charge < -0.3 is 24.8 Å². The van der Waals surface area contributed by atoms with E-state index in [0.717, 1.165) is 12.8 Å². The van der Waals surface area contributed by atoms with Crippen LogP contribution in [0.25, 0.3) is 0 Å². The summed E-state index contributed by atoms with van der Waals surface area (Å²) in [5.41, 5.74) is -1.83. The summed E-state index contributed by atoms with van der Waals surface area (Å²) in [5, 5.41) is 12.9. The van der Waals surface area contributed by atoms with Gasteiger partial charge in [0.2, 0.25) is 11.8 Å². The minimum Gasteiger partial charge on any atom is -0.466 e. The average Bonchev–Trinajstić information content (AvgIpc) is 3.33. The molecule has 1 spiro atoms. The molecule has 0 saturated carbocycles. The van der Waals surface area contributed by atoms with Crippen molar-refractivity contribution < 1.29 is 29.0 Å². The number of hydrogen-bond acceptors (Lipinski definition) is 6. The molecule has 0 aromatic heterocycles. The average molecular weight is 425 g/mol. The van der Waals surface area contributed by atoms with Crippen molar-refractivity contribution in [1.82, 2.24) is 10.2 Å². The van der Waals surface area contributed by atoms with E-state index in [9.17, 15) is 19.5 Å². The molecule has 170 valence electrons. The van der Waals surface area contributed by atoms with Crippen LogP contribution >= 0.6 is 0 Å². The number of nitrogens with one attached hydrogen (secondary N) is 1. The van der Waals surface area contributed by atoms with Crippen molar-refractivity contribution in [2.24, 2.45) is 11.8 Å². The number of nitrogens with zero attached hydrogens (tertiary/aromatic N) is 1. The van der Waals surface area contributed by atoms with Crippen molar-refractivity contribution >= 4 is 17.8 Å². The highest BCUT2D eigenvalue weighted by Gasteiger charge is 2.79. The zero-order valence-electron chi connectivity index (χ0n) is 18.6. The van der Waals surface area contributed by atoms with Gasteiger partial charge in [-0.05, 0) is 39.0 Å². The maximum Gasteiger partial charge on any atom is 0.312 e. The van der Waals surface area contributed by atoms with Gasteiger partial charge in [-0.1, -0.05) is 27.2 Å². The van der Waals surface area contributed by atoms with Crippen LogP contribution in [0.2, 0.25) is 0 Å². The van der Waals surface area contributed by atoms with Crippen LogP contribution in [0.5, 0.6) is 0 Å². The summed E-state index contributed by atoms with van der Waals surface area (Å²) in [7, 11) is 0. The Balaban J connectivity index is 2.05. The summed E-state index contributed by atoms with van der Waals surface area (Å²) in [4.78, 5) is 41.5. The first-order chi connectivity index (χ1) is 14.4. The van der Waals surface area contributed by atoms with Crippen LogP contribution in [0.1, 0.15) is 66.2 Å². The van der Waals surface area contributed by atoms with Crippen LogP contribution in [-0.4, -0.2) is 70.8 Å². The monoisotopic (exact) mass is 424 g/mol. The molecule has 6 atom stereocenters. The van der Waals surface area contributed by atoms with E-state index in [2.05, 4.69) is 5.32 Å². The quantitative estimate of drug-likeness (QED) is 0.406. The minimum absolute atomic E-state index is 0.224. The van der Waals surface area contributed by atoms with E-state index in [4.69, 9.17) is 9.47 Å². The van der Waals surface area contributed by atoms with Crippen LogP contribution in [0.3, 0.4) is 0 Å². The molecule has 0 radical (unpaired) electrons. The summed E-state index contributed by atoms with van der Waals surface area (Å²) in [6.07, 6.45) is 4.01. The van der Waals surface area contributed by atoms with E-state index in [1.807, 2.05) is 20.8 Å². The molecule has 30 heavy (non-hydrogen) atoms. The molecule has 3 saturated heterocycles. The van der Waals surface area contributed by atoms with Gasteiger partial charge in [0.15, 0.2) is 0 Å². The van der Waals surface area contributed by atoms with Crippen LogP contribution < -0.4 is 5.32 Å². The smallest absolute Gasteiger partial charge is 0.312 e. The molecule has 2 N–H and O–H groups in total. The highest BCUT2D eigenvalue weighted by molar-refractivity contribution is 5.98. The molecular formula is C22H36N2O6. The zero-order chi connectivity index (χ0) is 22.1. The molecule has 2 unspecified atom stereocenters. The molecule has 8 nitrogen and oxygen atoms in total. The molecule has 3 heterocycles. The maximum atomic E-state index is 13.7. The number of amides is 2. The fourth-order valence-electron chi connectivity index (χ4n) is 5.84. The molecule has 3 fully saturated rings. The Kier molecular flexibility index (Phi) is 6.77. The van der Waals surface area contributed by atoms with Gasteiger partial charge >= 0.3 is 5.97 Å². The van der Waals surface area contributed by atoms with Crippen LogP contribution in [0, 0.1) is 11.8 Å². The number of aliphatic hydroxyl groups excluding tert-OH is 1. The first-order valence-electron chi connectivity index (χ1n) is 11.4. The van der Waals surface area contributed by atoms with Crippen molar-refractivity contribution in [2.45, 2.75) is 89.5 Å². The molecule has 8 heteroatoms. The zero-order valence-corrected chi connectivity index (χ0v) is 18.6. The maximum absolute atomic E-state index is 13.7. The number of ether oxygens (including phenoxy) is 2. The van der Waals surface area contributed by atoms with Gasteiger partial charge in [-0.25, -0.2) is 0 Å². The van der Waals surface area contributed by atoms with Crippen molar-refractivity contribution in [1.29, 1.82) is 0 Å². The molecule has 0 aromatic carbocycles. The number of hydrogen-bond donors (Lipinski definition) is 2. The van der Waals surface area contributed by atoms with E-state index < -0.39 is 41.1 Å². The summed E-state index contributed by atoms with van der Waals surface area (Å²) >= 11 is 0. The Morgan fingerprint density at radius 2 is 2.03 bits per heavy atom. The van der Waals surface area contributed by atoms with Gasteiger partial charge in [-0.2, -0.15) is 0 Å². The first kappa shape index (κ1) is 23.0. The highest BCUT2D eigenvalue weighted by Crippen LogP contribution is 2.64. The van der Waals surface area contributed by atoms with E-state index in [1.165, 1.54) is 4.90 Å². The Morgan fingerprint density at radius 3 is 2.60 bits per heavy atom. The third-order valence-corrected chi connectivity index (χ3v) is 7.31. The number of unbranched alkanes of at least 4 members (excludes halogenated alkanes) is 1. The highest BCUT2D eigenvalue weighted by atomic mass is 16.6. The summed E-state index contributed by atoms with van der Waals surface area (Å²) in [6, 6.07) is -1.35. The third kappa shape index (κ3) is 3.23. The molecule has 3 rings (SSSR count). The molecule has 0 aromatic rings. The second-order valence-corrected chi connectivity index (χ2v) is 8.72. The number of aliphatic hydroxyl groups is 1. The lowest BCUT2D eigenvalue weighted by Gasteiger charge is -2.37. The second kappa shape index (κ2) is 8.83.